The Balaban J connectivity index is 1.57. The number of carbonyl (C=O) groups is 1. The van der Waals surface area contributed by atoms with Crippen LogP contribution in [0.15, 0.2) is 30.3 Å². The van der Waals surface area contributed by atoms with Crippen LogP contribution in [0.5, 0.6) is 0 Å². The van der Waals surface area contributed by atoms with Gasteiger partial charge in [-0.05, 0) is 50.1 Å². The summed E-state index contributed by atoms with van der Waals surface area (Å²) >= 11 is 1.55. The molecule has 27 heavy (non-hydrogen) atoms. The highest BCUT2D eigenvalue weighted by Crippen LogP contribution is 2.35. The molecule has 2 heterocycles. The number of aromatic nitrogens is 2. The van der Waals surface area contributed by atoms with Crippen LogP contribution in [0.1, 0.15) is 53.5 Å². The third-order valence-electron chi connectivity index (χ3n) is 5.35. The second-order valence-electron chi connectivity index (χ2n) is 7.55. The number of benzene rings is 1. The van der Waals surface area contributed by atoms with Crippen molar-refractivity contribution in [3.8, 4) is 0 Å². The van der Waals surface area contributed by atoms with Gasteiger partial charge in [-0.3, -0.25) is 9.48 Å². The molecular weight excluding hydrogens is 356 g/mol. The van der Waals surface area contributed by atoms with Crippen LogP contribution in [0.3, 0.4) is 0 Å². The number of amides is 1. The summed E-state index contributed by atoms with van der Waals surface area (Å²) in [5.41, 5.74) is 2.94. The second-order valence-corrected chi connectivity index (χ2v) is 8.58. The molecule has 0 aliphatic heterocycles. The van der Waals surface area contributed by atoms with Gasteiger partial charge >= 0.3 is 0 Å². The lowest BCUT2D eigenvalue weighted by Crippen LogP contribution is -2.14. The van der Waals surface area contributed by atoms with Crippen molar-refractivity contribution in [3.05, 3.63) is 40.9 Å². The van der Waals surface area contributed by atoms with Gasteiger partial charge < -0.3 is 10.2 Å². The lowest BCUT2D eigenvalue weighted by molar-refractivity contribution is 0.103. The monoisotopic (exact) mass is 382 g/mol. The number of hydrogen-bond acceptors (Lipinski definition) is 4. The van der Waals surface area contributed by atoms with Gasteiger partial charge in [0.15, 0.2) is 0 Å². The van der Waals surface area contributed by atoms with E-state index in [1.807, 2.05) is 56.3 Å². The zero-order chi connectivity index (χ0) is 19.0. The van der Waals surface area contributed by atoms with Gasteiger partial charge in [-0.2, -0.15) is 5.10 Å². The minimum absolute atomic E-state index is 0.0524. The first-order valence-electron chi connectivity index (χ1n) is 9.60. The Morgan fingerprint density at radius 1 is 1.19 bits per heavy atom. The van der Waals surface area contributed by atoms with Crippen LogP contribution in [-0.2, 0) is 0 Å². The summed E-state index contributed by atoms with van der Waals surface area (Å²) in [7, 11) is 4.01. The van der Waals surface area contributed by atoms with Gasteiger partial charge in [0, 0.05) is 30.9 Å². The van der Waals surface area contributed by atoms with E-state index in [1.165, 1.54) is 32.1 Å². The summed E-state index contributed by atoms with van der Waals surface area (Å²) in [6.07, 6.45) is 6.24. The average molecular weight is 383 g/mol. The molecule has 0 bridgehead atoms. The van der Waals surface area contributed by atoms with Crippen molar-refractivity contribution >= 4 is 38.8 Å². The Labute approximate surface area is 164 Å². The van der Waals surface area contributed by atoms with Crippen LogP contribution in [-0.4, -0.2) is 29.8 Å². The first-order chi connectivity index (χ1) is 13.0. The topological polar surface area (TPSA) is 50.2 Å². The molecular formula is C21H26N4OS. The van der Waals surface area contributed by atoms with Gasteiger partial charge in [-0.1, -0.05) is 19.3 Å². The minimum Gasteiger partial charge on any atom is -0.378 e. The second kappa shape index (κ2) is 7.35. The SMILES string of the molecule is Cc1nn(C2CCCCC2)c2sc(C(=O)Nc3ccc(N(C)C)cc3)cc12. The maximum absolute atomic E-state index is 12.8. The first kappa shape index (κ1) is 18.0. The molecule has 0 atom stereocenters. The van der Waals surface area contributed by atoms with Crippen molar-refractivity contribution in [1.82, 2.24) is 9.78 Å². The van der Waals surface area contributed by atoms with Crippen molar-refractivity contribution < 1.29 is 4.79 Å². The number of nitrogens with zero attached hydrogens (tertiary/aromatic N) is 3. The molecule has 6 heteroatoms. The summed E-state index contributed by atoms with van der Waals surface area (Å²) in [5.74, 6) is -0.0524. The van der Waals surface area contributed by atoms with E-state index >= 15 is 0 Å². The van der Waals surface area contributed by atoms with E-state index < -0.39 is 0 Å². The Kier molecular flexibility index (Phi) is 4.91. The molecule has 1 N–H and O–H groups in total. The van der Waals surface area contributed by atoms with E-state index in [0.717, 1.165) is 32.2 Å². The van der Waals surface area contributed by atoms with Crippen molar-refractivity contribution in [1.29, 1.82) is 0 Å². The molecule has 4 rings (SSSR count). The molecule has 1 aliphatic rings. The van der Waals surface area contributed by atoms with Gasteiger partial charge in [0.1, 0.15) is 4.83 Å². The fourth-order valence-electron chi connectivity index (χ4n) is 3.79. The Morgan fingerprint density at radius 2 is 1.89 bits per heavy atom. The standard InChI is InChI=1S/C21H26N4OS/c1-14-18-13-19(20(26)22-15-9-11-16(12-10-15)24(2)3)27-21(18)25(23-14)17-7-5-4-6-8-17/h9-13,17H,4-8H2,1-3H3,(H,22,26). The molecule has 0 unspecified atom stereocenters. The number of fused-ring (bicyclic) bond motifs is 1. The predicted octanol–water partition coefficient (Wildman–Crippen LogP) is 5.23. The summed E-state index contributed by atoms with van der Waals surface area (Å²) < 4.78 is 2.18. The van der Waals surface area contributed by atoms with Gasteiger partial charge in [-0.15, -0.1) is 11.3 Å². The zero-order valence-electron chi connectivity index (χ0n) is 16.2. The third-order valence-corrected chi connectivity index (χ3v) is 6.48. The van der Waals surface area contributed by atoms with Crippen molar-refractivity contribution in [2.45, 2.75) is 45.1 Å². The minimum atomic E-state index is -0.0524. The van der Waals surface area contributed by atoms with E-state index in [4.69, 9.17) is 5.10 Å². The van der Waals surface area contributed by atoms with E-state index in [-0.39, 0.29) is 5.91 Å². The number of carbonyl (C=O) groups excluding carboxylic acids is 1. The summed E-state index contributed by atoms with van der Waals surface area (Å²) in [4.78, 5) is 16.7. The molecule has 142 valence electrons. The number of thiophene rings is 1. The molecule has 1 saturated carbocycles. The Hall–Kier alpha value is -2.34. The van der Waals surface area contributed by atoms with E-state index in [0.29, 0.717) is 6.04 Å². The van der Waals surface area contributed by atoms with Crippen LogP contribution in [0.2, 0.25) is 0 Å². The van der Waals surface area contributed by atoms with Crippen LogP contribution in [0.25, 0.3) is 10.2 Å². The predicted molar refractivity (Wildman–Crippen MR) is 113 cm³/mol. The number of rotatable bonds is 4. The summed E-state index contributed by atoms with van der Waals surface area (Å²) in [6.45, 7) is 2.04. The number of nitrogens with one attached hydrogen (secondary N) is 1. The van der Waals surface area contributed by atoms with Gasteiger partial charge in [0.05, 0.1) is 16.6 Å². The summed E-state index contributed by atoms with van der Waals surface area (Å²) in [5, 5.41) is 8.90. The normalized spacial score (nSPS) is 15.2. The van der Waals surface area contributed by atoms with Crippen LogP contribution < -0.4 is 10.2 Å². The van der Waals surface area contributed by atoms with Gasteiger partial charge in [-0.25, -0.2) is 0 Å². The maximum Gasteiger partial charge on any atom is 0.265 e. The molecule has 3 aromatic rings. The lowest BCUT2D eigenvalue weighted by Gasteiger charge is -2.22. The number of aryl methyl sites for hydroxylation is 1. The summed E-state index contributed by atoms with van der Waals surface area (Å²) in [6, 6.07) is 10.4. The molecule has 0 spiro atoms. The van der Waals surface area contributed by atoms with Crippen molar-refractivity contribution in [2.75, 3.05) is 24.3 Å². The van der Waals surface area contributed by atoms with Gasteiger partial charge in [0.2, 0.25) is 0 Å². The number of anilines is 2. The highest BCUT2D eigenvalue weighted by molar-refractivity contribution is 7.20. The third kappa shape index (κ3) is 3.58. The Bertz CT molecular complexity index is 949. The molecule has 2 aromatic heterocycles. The van der Waals surface area contributed by atoms with Gasteiger partial charge in [0.25, 0.3) is 5.91 Å². The molecule has 1 aromatic carbocycles. The zero-order valence-corrected chi connectivity index (χ0v) is 17.0. The van der Waals surface area contributed by atoms with Crippen LogP contribution >= 0.6 is 11.3 Å². The smallest absolute Gasteiger partial charge is 0.265 e. The van der Waals surface area contributed by atoms with Crippen LogP contribution in [0, 0.1) is 6.92 Å². The number of hydrogen-bond donors (Lipinski definition) is 1. The average Bonchev–Trinajstić information content (AvgIpc) is 3.24. The van der Waals surface area contributed by atoms with E-state index in [1.54, 1.807) is 11.3 Å². The molecule has 1 aliphatic carbocycles. The van der Waals surface area contributed by atoms with Crippen LogP contribution in [0.4, 0.5) is 11.4 Å². The highest BCUT2D eigenvalue weighted by Gasteiger charge is 2.22. The van der Waals surface area contributed by atoms with Crippen molar-refractivity contribution in [2.24, 2.45) is 0 Å². The molecule has 5 nitrogen and oxygen atoms in total. The highest BCUT2D eigenvalue weighted by atomic mass is 32.1. The fraction of sp³-hybridized carbons (Fsp3) is 0.429. The molecule has 0 radical (unpaired) electrons. The van der Waals surface area contributed by atoms with E-state index in [9.17, 15) is 4.79 Å². The quantitative estimate of drug-likeness (QED) is 0.672. The molecule has 1 amide bonds. The van der Waals surface area contributed by atoms with E-state index in [2.05, 4.69) is 10.00 Å². The maximum atomic E-state index is 12.8. The fourth-order valence-corrected chi connectivity index (χ4v) is 4.92. The van der Waals surface area contributed by atoms with Crippen molar-refractivity contribution in [3.63, 3.8) is 0 Å². The Morgan fingerprint density at radius 3 is 2.56 bits per heavy atom. The largest absolute Gasteiger partial charge is 0.378 e. The first-order valence-corrected chi connectivity index (χ1v) is 10.4. The molecule has 0 saturated heterocycles. The molecule has 1 fully saturated rings. The lowest BCUT2D eigenvalue weighted by atomic mass is 9.96.